The number of fused-ring (bicyclic) bond motifs is 4. The second kappa shape index (κ2) is 9.72. The minimum Gasteiger partial charge on any atom is -0.381 e. The Kier molecular flexibility index (Phi) is 6.47. The van der Waals surface area contributed by atoms with Crippen molar-refractivity contribution in [3.63, 3.8) is 0 Å². The van der Waals surface area contributed by atoms with Crippen LogP contribution in [0.4, 0.5) is 5.69 Å². The number of ether oxygens (including phenoxy) is 1. The van der Waals surface area contributed by atoms with Crippen molar-refractivity contribution in [1.82, 2.24) is 9.47 Å². The van der Waals surface area contributed by atoms with Gasteiger partial charge in [-0.1, -0.05) is 26.0 Å². The van der Waals surface area contributed by atoms with Crippen LogP contribution in [-0.2, 0) is 23.7 Å². The molecule has 0 saturated carbocycles. The van der Waals surface area contributed by atoms with Crippen LogP contribution in [-0.4, -0.2) is 73.2 Å². The van der Waals surface area contributed by atoms with Gasteiger partial charge in [0, 0.05) is 91.3 Å². The van der Waals surface area contributed by atoms with Crippen molar-refractivity contribution in [2.24, 2.45) is 12.0 Å². The topological polar surface area (TPSA) is 67.1 Å². The molecule has 0 N–H and O–H groups in total. The van der Waals surface area contributed by atoms with E-state index in [1.54, 1.807) is 6.92 Å². The summed E-state index contributed by atoms with van der Waals surface area (Å²) in [5.74, 6) is -0.00606. The highest BCUT2D eigenvalue weighted by atomic mass is 16.5. The number of aromatic nitrogens is 1. The predicted molar refractivity (Wildman–Crippen MR) is 156 cm³/mol. The Balaban J connectivity index is 1.41. The summed E-state index contributed by atoms with van der Waals surface area (Å²) >= 11 is 0. The number of ketones is 2. The van der Waals surface area contributed by atoms with Gasteiger partial charge in [0.2, 0.25) is 0 Å². The molecule has 3 heterocycles. The zero-order valence-electron chi connectivity index (χ0n) is 23.5. The summed E-state index contributed by atoms with van der Waals surface area (Å²) in [7, 11) is 2.05. The van der Waals surface area contributed by atoms with E-state index in [0.717, 1.165) is 91.2 Å². The smallest absolute Gasteiger partial charge is 0.195 e. The third-order valence-corrected chi connectivity index (χ3v) is 9.17. The maximum absolute atomic E-state index is 14.1. The van der Waals surface area contributed by atoms with Gasteiger partial charge in [0.05, 0.1) is 12.1 Å². The number of hydrogen-bond acceptors (Lipinski definition) is 6. The molecule has 2 aliphatic heterocycles. The van der Waals surface area contributed by atoms with Crippen molar-refractivity contribution in [2.45, 2.75) is 51.6 Å². The van der Waals surface area contributed by atoms with Crippen LogP contribution >= 0.6 is 0 Å². The number of aliphatic imine (C=N–C) groups is 1. The number of carbonyl (C=O) groups excluding carboxylic acids is 2. The van der Waals surface area contributed by atoms with Gasteiger partial charge in [-0.05, 0) is 55.8 Å². The second-order valence-electron chi connectivity index (χ2n) is 11.8. The number of aryl methyl sites for hydroxylation is 1. The van der Waals surface area contributed by atoms with Gasteiger partial charge in [-0.15, -0.1) is 0 Å². The van der Waals surface area contributed by atoms with E-state index in [9.17, 15) is 9.59 Å². The van der Waals surface area contributed by atoms with E-state index in [-0.39, 0.29) is 11.6 Å². The molecule has 0 bridgehead atoms. The zero-order chi connectivity index (χ0) is 27.5. The number of nitrogens with zero attached hydrogens (tertiary/aromatic N) is 4. The molecule has 39 heavy (non-hydrogen) atoms. The summed E-state index contributed by atoms with van der Waals surface area (Å²) in [5, 5.41) is 0.946. The molecule has 0 atom stereocenters. The molecule has 0 unspecified atom stereocenters. The van der Waals surface area contributed by atoms with E-state index < -0.39 is 5.41 Å². The van der Waals surface area contributed by atoms with Crippen LogP contribution in [0.25, 0.3) is 10.9 Å². The van der Waals surface area contributed by atoms with Crippen LogP contribution in [0.15, 0.2) is 35.3 Å². The number of carbonyl (C=O) groups is 2. The van der Waals surface area contributed by atoms with Crippen LogP contribution in [0.5, 0.6) is 0 Å². The number of hydrogen-bond donors (Lipinski definition) is 0. The highest BCUT2D eigenvalue weighted by Gasteiger charge is 2.42. The Labute approximate surface area is 230 Å². The average molecular weight is 527 g/mol. The Hall–Kier alpha value is -3.29. The molecule has 0 amide bonds. The highest BCUT2D eigenvalue weighted by Crippen LogP contribution is 2.47. The molecular weight excluding hydrogens is 488 g/mol. The summed E-state index contributed by atoms with van der Waals surface area (Å²) in [6.45, 7) is 15.5. The molecule has 6 rings (SSSR count). The SMILES string of the molecule is C=NCc1ccc2c3c(n(C)c2c1)C(C)(C)c1cc(N2CCN(C4CCOCC4)CC2)c(C(C)=O)cc1C3=O. The number of rotatable bonds is 5. The maximum atomic E-state index is 14.1. The second-order valence-corrected chi connectivity index (χ2v) is 11.8. The van der Waals surface area contributed by atoms with Gasteiger partial charge in [0.15, 0.2) is 11.6 Å². The van der Waals surface area contributed by atoms with Gasteiger partial charge >= 0.3 is 0 Å². The molecular formula is C32H38N4O3. The van der Waals surface area contributed by atoms with Crippen LogP contribution in [0.2, 0.25) is 0 Å². The Morgan fingerprint density at radius 3 is 2.49 bits per heavy atom. The standard InChI is InChI=1S/C32H38N4O3/c1-20(37)24-17-25-26(18-28(24)36-12-10-35(11-13-36)22-8-14-39-15-9-22)32(2,3)31-29(30(25)38)23-7-6-21(19-33-4)16-27(23)34(31)5/h6-7,16-18,22H,4,8-15,19H2,1-3,5H3. The fraction of sp³-hybridized carbons (Fsp3) is 0.469. The molecule has 7 nitrogen and oxygen atoms in total. The van der Waals surface area contributed by atoms with Crippen molar-refractivity contribution in [3.05, 3.63) is 63.8 Å². The fourth-order valence-electron chi connectivity index (χ4n) is 7.15. The third kappa shape index (κ3) is 4.14. The number of Topliss-reactive ketones (excluding diaryl/α,β-unsaturated/α-hetero) is 1. The molecule has 3 aliphatic rings. The van der Waals surface area contributed by atoms with Crippen molar-refractivity contribution in [1.29, 1.82) is 0 Å². The molecule has 1 aromatic heterocycles. The van der Waals surface area contributed by atoms with Crippen LogP contribution in [0.3, 0.4) is 0 Å². The van der Waals surface area contributed by atoms with Crippen LogP contribution in [0, 0.1) is 0 Å². The van der Waals surface area contributed by atoms with Gasteiger partial charge in [0.25, 0.3) is 0 Å². The third-order valence-electron chi connectivity index (χ3n) is 9.17. The lowest BCUT2D eigenvalue weighted by atomic mass is 9.70. The summed E-state index contributed by atoms with van der Waals surface area (Å²) in [6, 6.07) is 10.8. The number of benzene rings is 2. The summed E-state index contributed by atoms with van der Waals surface area (Å²) in [6.07, 6.45) is 2.18. The molecule has 1 aliphatic carbocycles. The van der Waals surface area contributed by atoms with Crippen molar-refractivity contribution >= 4 is 34.9 Å². The Bertz CT molecular complexity index is 1490. The van der Waals surface area contributed by atoms with Crippen molar-refractivity contribution < 1.29 is 14.3 Å². The monoisotopic (exact) mass is 526 g/mol. The summed E-state index contributed by atoms with van der Waals surface area (Å²) in [4.78, 5) is 36.1. The predicted octanol–water partition coefficient (Wildman–Crippen LogP) is 4.75. The molecule has 0 spiro atoms. The first kappa shape index (κ1) is 26.0. The van der Waals surface area contributed by atoms with Gasteiger partial charge in [-0.25, -0.2) is 0 Å². The first-order valence-electron chi connectivity index (χ1n) is 14.1. The van der Waals surface area contributed by atoms with Crippen molar-refractivity contribution in [3.8, 4) is 0 Å². The zero-order valence-corrected chi connectivity index (χ0v) is 23.5. The van der Waals surface area contributed by atoms with Gasteiger partial charge < -0.3 is 14.2 Å². The Morgan fingerprint density at radius 1 is 1.10 bits per heavy atom. The largest absolute Gasteiger partial charge is 0.381 e. The van der Waals surface area contributed by atoms with Gasteiger partial charge in [-0.2, -0.15) is 0 Å². The van der Waals surface area contributed by atoms with E-state index in [4.69, 9.17) is 4.74 Å². The van der Waals surface area contributed by atoms with Crippen molar-refractivity contribution in [2.75, 3.05) is 44.3 Å². The Morgan fingerprint density at radius 2 is 1.82 bits per heavy atom. The summed E-state index contributed by atoms with van der Waals surface area (Å²) in [5.41, 5.74) is 6.66. The molecule has 2 fully saturated rings. The number of piperazine rings is 1. The van der Waals surface area contributed by atoms with E-state index in [1.165, 1.54) is 0 Å². The molecule has 7 heteroatoms. The lowest BCUT2D eigenvalue weighted by Gasteiger charge is -2.42. The first-order chi connectivity index (χ1) is 18.7. The quantitative estimate of drug-likeness (QED) is 0.355. The summed E-state index contributed by atoms with van der Waals surface area (Å²) < 4.78 is 7.73. The normalized spacial score (nSPS) is 19.7. The van der Waals surface area contributed by atoms with E-state index >= 15 is 0 Å². The lowest BCUT2D eigenvalue weighted by Crippen LogP contribution is -2.52. The molecule has 0 radical (unpaired) electrons. The molecule has 3 aromatic rings. The molecule has 204 valence electrons. The first-order valence-corrected chi connectivity index (χ1v) is 14.1. The molecule has 2 saturated heterocycles. The van der Waals surface area contributed by atoms with Gasteiger partial charge in [-0.3, -0.25) is 19.5 Å². The van der Waals surface area contributed by atoms with E-state index in [1.807, 2.05) is 25.2 Å². The lowest BCUT2D eigenvalue weighted by molar-refractivity contribution is 0.0321. The molecule has 2 aromatic carbocycles. The minimum atomic E-state index is -0.419. The number of anilines is 1. The van der Waals surface area contributed by atoms with Crippen LogP contribution < -0.4 is 4.90 Å². The maximum Gasteiger partial charge on any atom is 0.195 e. The fourth-order valence-corrected chi connectivity index (χ4v) is 7.15. The van der Waals surface area contributed by atoms with Gasteiger partial charge in [0.1, 0.15) is 0 Å². The van der Waals surface area contributed by atoms with E-state index in [2.05, 4.69) is 52.1 Å². The highest BCUT2D eigenvalue weighted by molar-refractivity contribution is 6.21. The average Bonchev–Trinajstić information content (AvgIpc) is 3.24. The van der Waals surface area contributed by atoms with E-state index in [0.29, 0.717) is 23.7 Å². The van der Waals surface area contributed by atoms with Crippen LogP contribution in [0.1, 0.15) is 76.7 Å². The minimum absolute atomic E-state index is 0.00194.